The number of β-amino-alcohol motifs (C(OH)–C–C–N with tert-alkyl or cyclic N) is 1. The van der Waals surface area contributed by atoms with Gasteiger partial charge >= 0.3 is 0 Å². The van der Waals surface area contributed by atoms with E-state index in [0.29, 0.717) is 0 Å². The summed E-state index contributed by atoms with van der Waals surface area (Å²) in [5, 5.41) is 14.1. The van der Waals surface area contributed by atoms with Gasteiger partial charge in [0.1, 0.15) is 0 Å². The van der Waals surface area contributed by atoms with Gasteiger partial charge in [0.2, 0.25) is 0 Å². The maximum atomic E-state index is 9.83. The molecule has 0 spiro atoms. The second-order valence-electron chi connectivity index (χ2n) is 4.66. The fourth-order valence-corrected chi connectivity index (χ4v) is 2.09. The second-order valence-corrected chi connectivity index (χ2v) is 4.66. The average molecular weight is 209 g/mol. The molecule has 2 heterocycles. The smallest absolute Gasteiger partial charge is 0.0758 e. The van der Waals surface area contributed by atoms with Crippen molar-refractivity contribution in [3.05, 3.63) is 18.0 Å². The summed E-state index contributed by atoms with van der Waals surface area (Å²) in [6, 6.07) is 0. The third-order valence-electron chi connectivity index (χ3n) is 2.95. The third-order valence-corrected chi connectivity index (χ3v) is 2.95. The van der Waals surface area contributed by atoms with E-state index in [0.717, 1.165) is 32.6 Å². The highest BCUT2D eigenvalue weighted by Crippen LogP contribution is 2.21. The van der Waals surface area contributed by atoms with E-state index in [1.165, 1.54) is 5.56 Å². The molecule has 1 aromatic heterocycles. The van der Waals surface area contributed by atoms with Crippen LogP contribution < -0.4 is 0 Å². The van der Waals surface area contributed by atoms with Crippen molar-refractivity contribution >= 4 is 0 Å². The number of aryl methyl sites for hydroxylation is 1. The van der Waals surface area contributed by atoms with Gasteiger partial charge in [0, 0.05) is 37.9 Å². The van der Waals surface area contributed by atoms with E-state index in [2.05, 4.69) is 23.1 Å². The van der Waals surface area contributed by atoms with Crippen molar-refractivity contribution in [1.29, 1.82) is 0 Å². The molecule has 0 aromatic carbocycles. The predicted octanol–water partition coefficient (Wildman–Crippen LogP) is 0.860. The molecule has 1 unspecified atom stereocenters. The van der Waals surface area contributed by atoms with E-state index in [1.807, 2.05) is 17.8 Å². The summed E-state index contributed by atoms with van der Waals surface area (Å²) in [5.41, 5.74) is 0.732. The van der Waals surface area contributed by atoms with Gasteiger partial charge in [0.25, 0.3) is 0 Å². The molecule has 0 aliphatic carbocycles. The van der Waals surface area contributed by atoms with Gasteiger partial charge in [-0.15, -0.1) is 0 Å². The number of likely N-dealkylation sites (tertiary alicyclic amines) is 1. The summed E-state index contributed by atoms with van der Waals surface area (Å²) in [4.78, 5) is 2.27. The number of hydrogen-bond acceptors (Lipinski definition) is 3. The van der Waals surface area contributed by atoms with E-state index in [9.17, 15) is 5.11 Å². The van der Waals surface area contributed by atoms with Gasteiger partial charge in [0.15, 0.2) is 0 Å². The lowest BCUT2D eigenvalue weighted by Crippen LogP contribution is -2.29. The molecule has 1 aliphatic rings. The van der Waals surface area contributed by atoms with Crippen LogP contribution in [0.3, 0.4) is 0 Å². The van der Waals surface area contributed by atoms with Gasteiger partial charge in [0.05, 0.1) is 11.8 Å². The maximum absolute atomic E-state index is 9.83. The first-order valence-electron chi connectivity index (χ1n) is 5.55. The molecule has 1 atom stereocenters. The monoisotopic (exact) mass is 209 g/mol. The molecular formula is C11H19N3O. The van der Waals surface area contributed by atoms with Gasteiger partial charge < -0.3 is 5.11 Å². The Hall–Kier alpha value is -0.870. The zero-order valence-corrected chi connectivity index (χ0v) is 9.48. The van der Waals surface area contributed by atoms with Crippen molar-refractivity contribution in [3.8, 4) is 0 Å². The van der Waals surface area contributed by atoms with Crippen LogP contribution in [0.15, 0.2) is 12.4 Å². The summed E-state index contributed by atoms with van der Waals surface area (Å²) in [6.07, 6.45) is 4.86. The number of hydrogen-bond donors (Lipinski definition) is 1. The summed E-state index contributed by atoms with van der Waals surface area (Å²) in [7, 11) is 0. The van der Waals surface area contributed by atoms with Gasteiger partial charge in [-0.1, -0.05) is 0 Å². The first-order valence-corrected chi connectivity index (χ1v) is 5.55. The van der Waals surface area contributed by atoms with E-state index in [4.69, 9.17) is 0 Å². The summed E-state index contributed by atoms with van der Waals surface area (Å²) < 4.78 is 1.93. The molecule has 1 aliphatic heterocycles. The van der Waals surface area contributed by atoms with Crippen LogP contribution in [-0.4, -0.2) is 38.5 Å². The second kappa shape index (κ2) is 3.94. The lowest BCUT2D eigenvalue weighted by Gasteiger charge is -2.17. The molecule has 0 bridgehead atoms. The molecule has 0 amide bonds. The van der Waals surface area contributed by atoms with Crippen molar-refractivity contribution < 1.29 is 5.11 Å². The van der Waals surface area contributed by atoms with E-state index < -0.39 is 5.60 Å². The lowest BCUT2D eigenvalue weighted by molar-refractivity contribution is 0.0679. The Morgan fingerprint density at radius 2 is 2.40 bits per heavy atom. The van der Waals surface area contributed by atoms with Crippen molar-refractivity contribution in [3.63, 3.8) is 0 Å². The number of aliphatic hydroxyl groups is 1. The van der Waals surface area contributed by atoms with Crippen LogP contribution >= 0.6 is 0 Å². The van der Waals surface area contributed by atoms with Crippen molar-refractivity contribution in [2.45, 2.75) is 39.0 Å². The normalized spacial score (nSPS) is 27.4. The van der Waals surface area contributed by atoms with Crippen LogP contribution in [0.25, 0.3) is 0 Å². The zero-order chi connectivity index (χ0) is 10.9. The predicted molar refractivity (Wildman–Crippen MR) is 58.4 cm³/mol. The largest absolute Gasteiger partial charge is 0.389 e. The first kappa shape index (κ1) is 10.6. The van der Waals surface area contributed by atoms with Gasteiger partial charge in [-0.25, -0.2) is 0 Å². The number of rotatable bonds is 3. The quantitative estimate of drug-likeness (QED) is 0.802. The highest BCUT2D eigenvalue weighted by atomic mass is 16.3. The molecule has 1 N–H and O–H groups in total. The molecule has 1 fully saturated rings. The molecule has 4 heteroatoms. The Kier molecular flexibility index (Phi) is 2.80. The van der Waals surface area contributed by atoms with Crippen LogP contribution in [0.5, 0.6) is 0 Å². The topological polar surface area (TPSA) is 41.3 Å². The minimum absolute atomic E-state index is 0.499. The molecule has 0 saturated carbocycles. The molecule has 1 aromatic rings. The Labute approximate surface area is 90.5 Å². The Balaban J connectivity index is 1.92. The zero-order valence-electron chi connectivity index (χ0n) is 9.48. The van der Waals surface area contributed by atoms with Crippen LogP contribution in [0.4, 0.5) is 0 Å². The van der Waals surface area contributed by atoms with Crippen molar-refractivity contribution in [2.24, 2.45) is 0 Å². The summed E-state index contributed by atoms with van der Waals surface area (Å²) in [5.74, 6) is 0. The molecule has 15 heavy (non-hydrogen) atoms. The van der Waals surface area contributed by atoms with E-state index in [-0.39, 0.29) is 0 Å². The molecule has 84 valence electrons. The number of aromatic nitrogens is 2. The fourth-order valence-electron chi connectivity index (χ4n) is 2.09. The van der Waals surface area contributed by atoms with Gasteiger partial charge in [-0.05, 0) is 20.3 Å². The standard InChI is InChI=1S/C11H19N3O/c1-3-14-8-10(6-12-14)7-13-5-4-11(2,15)9-13/h6,8,15H,3-5,7,9H2,1-2H3. The van der Waals surface area contributed by atoms with Crippen LogP contribution in [0.1, 0.15) is 25.8 Å². The third kappa shape index (κ3) is 2.58. The molecule has 4 nitrogen and oxygen atoms in total. The molecule has 1 saturated heterocycles. The van der Waals surface area contributed by atoms with E-state index >= 15 is 0 Å². The fraction of sp³-hybridized carbons (Fsp3) is 0.727. The minimum atomic E-state index is -0.499. The van der Waals surface area contributed by atoms with Crippen molar-refractivity contribution in [2.75, 3.05) is 13.1 Å². The summed E-state index contributed by atoms with van der Waals surface area (Å²) >= 11 is 0. The number of nitrogens with zero attached hydrogens (tertiary/aromatic N) is 3. The minimum Gasteiger partial charge on any atom is -0.389 e. The van der Waals surface area contributed by atoms with Crippen LogP contribution in [0, 0.1) is 0 Å². The van der Waals surface area contributed by atoms with Crippen molar-refractivity contribution in [1.82, 2.24) is 14.7 Å². The van der Waals surface area contributed by atoms with Gasteiger partial charge in [-0.2, -0.15) is 5.10 Å². The summed E-state index contributed by atoms with van der Waals surface area (Å²) in [6.45, 7) is 7.54. The average Bonchev–Trinajstić information content (AvgIpc) is 2.73. The van der Waals surface area contributed by atoms with E-state index in [1.54, 1.807) is 0 Å². The van der Waals surface area contributed by atoms with Crippen LogP contribution in [-0.2, 0) is 13.1 Å². The maximum Gasteiger partial charge on any atom is 0.0758 e. The first-order chi connectivity index (χ1) is 7.09. The Morgan fingerprint density at radius 1 is 1.60 bits per heavy atom. The highest BCUT2D eigenvalue weighted by molar-refractivity contribution is 5.04. The lowest BCUT2D eigenvalue weighted by atomic mass is 10.1. The van der Waals surface area contributed by atoms with Crippen LogP contribution in [0.2, 0.25) is 0 Å². The Bertz CT molecular complexity index is 332. The molecular weight excluding hydrogens is 190 g/mol. The highest BCUT2D eigenvalue weighted by Gasteiger charge is 2.31. The molecule has 0 radical (unpaired) electrons. The SMILES string of the molecule is CCn1cc(CN2CCC(C)(O)C2)cn1. The Morgan fingerprint density at radius 3 is 2.93 bits per heavy atom. The molecule has 2 rings (SSSR count). The van der Waals surface area contributed by atoms with Gasteiger partial charge in [-0.3, -0.25) is 9.58 Å².